The highest BCUT2D eigenvalue weighted by atomic mass is 79.9. The molecule has 100 valence electrons. The SMILES string of the molecule is COc1ccc(Cl)cc1Nc1cc(C)c(N)cc1Br. The minimum Gasteiger partial charge on any atom is -0.495 e. The summed E-state index contributed by atoms with van der Waals surface area (Å²) in [6.45, 7) is 1.96. The number of methoxy groups -OCH3 is 1. The van der Waals surface area contributed by atoms with Crippen LogP contribution < -0.4 is 15.8 Å². The number of nitrogen functional groups attached to an aromatic ring is 1. The third-order valence-corrected chi connectivity index (χ3v) is 3.68. The third kappa shape index (κ3) is 3.14. The van der Waals surface area contributed by atoms with Gasteiger partial charge >= 0.3 is 0 Å². The van der Waals surface area contributed by atoms with Crippen LogP contribution in [-0.2, 0) is 0 Å². The molecule has 0 saturated heterocycles. The van der Waals surface area contributed by atoms with E-state index in [2.05, 4.69) is 21.2 Å². The number of hydrogen-bond acceptors (Lipinski definition) is 3. The van der Waals surface area contributed by atoms with Gasteiger partial charge in [-0.05, 0) is 58.7 Å². The minimum absolute atomic E-state index is 0.645. The second-order valence-corrected chi connectivity index (χ2v) is 5.45. The predicted octanol–water partition coefficient (Wildman–Crippen LogP) is 4.75. The van der Waals surface area contributed by atoms with E-state index in [1.807, 2.05) is 31.2 Å². The number of anilines is 3. The second-order valence-electron chi connectivity index (χ2n) is 4.16. The van der Waals surface area contributed by atoms with Gasteiger partial charge in [0.05, 0.1) is 18.5 Å². The highest BCUT2D eigenvalue weighted by molar-refractivity contribution is 9.10. The lowest BCUT2D eigenvalue weighted by atomic mass is 10.1. The predicted molar refractivity (Wildman–Crippen MR) is 84.6 cm³/mol. The minimum atomic E-state index is 0.645. The number of nitrogens with one attached hydrogen (secondary N) is 1. The van der Waals surface area contributed by atoms with E-state index in [-0.39, 0.29) is 0 Å². The number of nitrogens with two attached hydrogens (primary N) is 1. The normalized spacial score (nSPS) is 10.3. The number of ether oxygens (including phenoxy) is 1. The molecule has 0 unspecified atom stereocenters. The van der Waals surface area contributed by atoms with Crippen LogP contribution in [0.15, 0.2) is 34.8 Å². The molecule has 0 heterocycles. The zero-order valence-electron chi connectivity index (χ0n) is 10.6. The molecule has 2 aromatic carbocycles. The summed E-state index contributed by atoms with van der Waals surface area (Å²) in [6.07, 6.45) is 0. The average Bonchev–Trinajstić information content (AvgIpc) is 2.36. The van der Waals surface area contributed by atoms with E-state index in [0.29, 0.717) is 5.02 Å². The van der Waals surface area contributed by atoms with E-state index in [4.69, 9.17) is 22.1 Å². The van der Waals surface area contributed by atoms with Crippen molar-refractivity contribution in [2.24, 2.45) is 0 Å². The van der Waals surface area contributed by atoms with E-state index in [1.54, 1.807) is 13.2 Å². The highest BCUT2D eigenvalue weighted by Gasteiger charge is 2.08. The first-order valence-electron chi connectivity index (χ1n) is 5.67. The summed E-state index contributed by atoms with van der Waals surface area (Å²) < 4.78 is 6.19. The van der Waals surface area contributed by atoms with Gasteiger partial charge in [0, 0.05) is 15.2 Å². The van der Waals surface area contributed by atoms with Crippen molar-refractivity contribution in [3.63, 3.8) is 0 Å². The number of benzene rings is 2. The molecular weight excluding hydrogens is 328 g/mol. The van der Waals surface area contributed by atoms with Gasteiger partial charge in [-0.1, -0.05) is 11.6 Å². The Kier molecular flexibility index (Phi) is 4.22. The molecule has 2 rings (SSSR count). The van der Waals surface area contributed by atoms with Crippen LogP contribution in [0, 0.1) is 6.92 Å². The van der Waals surface area contributed by atoms with Crippen molar-refractivity contribution in [2.75, 3.05) is 18.2 Å². The molecule has 0 aromatic heterocycles. The maximum atomic E-state index is 6.01. The quantitative estimate of drug-likeness (QED) is 0.792. The van der Waals surface area contributed by atoms with Gasteiger partial charge in [0.15, 0.2) is 0 Å². The Hall–Kier alpha value is -1.39. The topological polar surface area (TPSA) is 47.3 Å². The molecule has 0 saturated carbocycles. The van der Waals surface area contributed by atoms with Crippen LogP contribution in [0.1, 0.15) is 5.56 Å². The first-order valence-corrected chi connectivity index (χ1v) is 6.84. The fourth-order valence-corrected chi connectivity index (χ4v) is 2.35. The van der Waals surface area contributed by atoms with Crippen LogP contribution in [0.5, 0.6) is 5.75 Å². The molecule has 0 radical (unpaired) electrons. The molecule has 3 nitrogen and oxygen atoms in total. The van der Waals surface area contributed by atoms with E-state index >= 15 is 0 Å². The van der Waals surface area contributed by atoms with Gasteiger partial charge < -0.3 is 15.8 Å². The number of aryl methyl sites for hydroxylation is 1. The molecule has 0 bridgehead atoms. The second kappa shape index (κ2) is 5.72. The zero-order valence-corrected chi connectivity index (χ0v) is 13.0. The molecule has 0 spiro atoms. The standard InChI is InChI=1S/C14H14BrClN2O/c1-8-5-12(10(15)7-11(8)17)18-13-6-9(16)3-4-14(13)19-2/h3-7,18H,17H2,1-2H3. The van der Waals surface area contributed by atoms with Crippen LogP contribution >= 0.6 is 27.5 Å². The van der Waals surface area contributed by atoms with E-state index in [1.165, 1.54) is 0 Å². The van der Waals surface area contributed by atoms with Gasteiger partial charge in [-0.15, -0.1) is 0 Å². The van der Waals surface area contributed by atoms with Gasteiger partial charge in [-0.3, -0.25) is 0 Å². The van der Waals surface area contributed by atoms with Crippen molar-refractivity contribution in [3.05, 3.63) is 45.4 Å². The Balaban J connectivity index is 2.41. The summed E-state index contributed by atoms with van der Waals surface area (Å²) in [5.74, 6) is 0.728. The van der Waals surface area contributed by atoms with E-state index in [9.17, 15) is 0 Å². The summed E-state index contributed by atoms with van der Waals surface area (Å²) in [7, 11) is 1.62. The Bertz CT molecular complexity index is 617. The number of hydrogen-bond donors (Lipinski definition) is 2. The lowest BCUT2D eigenvalue weighted by Gasteiger charge is -2.14. The van der Waals surface area contributed by atoms with Crippen LogP contribution in [0.25, 0.3) is 0 Å². The van der Waals surface area contributed by atoms with Gasteiger partial charge in [0.1, 0.15) is 5.75 Å². The van der Waals surface area contributed by atoms with Crippen LogP contribution in [0.4, 0.5) is 17.1 Å². The fourth-order valence-electron chi connectivity index (χ4n) is 1.72. The molecule has 3 N–H and O–H groups in total. The molecular formula is C14H14BrClN2O. The molecule has 2 aromatic rings. The number of halogens is 2. The Morgan fingerprint density at radius 2 is 1.95 bits per heavy atom. The van der Waals surface area contributed by atoms with Gasteiger partial charge in [0.2, 0.25) is 0 Å². The lowest BCUT2D eigenvalue weighted by molar-refractivity contribution is 0.417. The molecule has 0 aliphatic rings. The van der Waals surface area contributed by atoms with Gasteiger partial charge in [-0.25, -0.2) is 0 Å². The molecule has 0 aliphatic carbocycles. The van der Waals surface area contributed by atoms with Crippen molar-refractivity contribution in [1.29, 1.82) is 0 Å². The third-order valence-electron chi connectivity index (χ3n) is 2.79. The summed E-state index contributed by atoms with van der Waals surface area (Å²) in [5, 5.41) is 3.93. The van der Waals surface area contributed by atoms with Gasteiger partial charge in [-0.2, -0.15) is 0 Å². The molecule has 0 fully saturated rings. The smallest absolute Gasteiger partial charge is 0.142 e. The van der Waals surface area contributed by atoms with Crippen LogP contribution in [0.3, 0.4) is 0 Å². The first kappa shape index (κ1) is 14.0. The zero-order chi connectivity index (χ0) is 14.0. The summed E-state index contributed by atoms with van der Waals surface area (Å²) in [6, 6.07) is 9.27. The van der Waals surface area contributed by atoms with Crippen molar-refractivity contribution in [3.8, 4) is 5.75 Å². The molecule has 0 amide bonds. The van der Waals surface area contributed by atoms with Crippen molar-refractivity contribution in [2.45, 2.75) is 6.92 Å². The highest BCUT2D eigenvalue weighted by Crippen LogP contribution is 2.35. The molecule has 5 heteroatoms. The largest absolute Gasteiger partial charge is 0.495 e. The maximum absolute atomic E-state index is 6.01. The number of rotatable bonds is 3. The van der Waals surface area contributed by atoms with E-state index < -0.39 is 0 Å². The summed E-state index contributed by atoms with van der Waals surface area (Å²) in [5.41, 5.74) is 9.33. The average molecular weight is 342 g/mol. The van der Waals surface area contributed by atoms with Crippen molar-refractivity contribution >= 4 is 44.6 Å². The monoisotopic (exact) mass is 340 g/mol. The molecule has 0 aliphatic heterocycles. The molecule has 19 heavy (non-hydrogen) atoms. The van der Waals surface area contributed by atoms with Crippen molar-refractivity contribution < 1.29 is 4.74 Å². The Morgan fingerprint density at radius 3 is 2.63 bits per heavy atom. The molecule has 0 atom stereocenters. The van der Waals surface area contributed by atoms with Crippen LogP contribution in [-0.4, -0.2) is 7.11 Å². The van der Waals surface area contributed by atoms with Crippen LogP contribution in [0.2, 0.25) is 5.02 Å². The lowest BCUT2D eigenvalue weighted by Crippen LogP contribution is -1.98. The maximum Gasteiger partial charge on any atom is 0.142 e. The first-order chi connectivity index (χ1) is 9.01. The van der Waals surface area contributed by atoms with Gasteiger partial charge in [0.25, 0.3) is 0 Å². The Labute approximate surface area is 125 Å². The Morgan fingerprint density at radius 1 is 1.21 bits per heavy atom. The summed E-state index contributed by atoms with van der Waals surface area (Å²) in [4.78, 5) is 0. The summed E-state index contributed by atoms with van der Waals surface area (Å²) >= 11 is 9.50. The van der Waals surface area contributed by atoms with Crippen molar-refractivity contribution in [1.82, 2.24) is 0 Å². The fraction of sp³-hybridized carbons (Fsp3) is 0.143. The van der Waals surface area contributed by atoms with E-state index in [0.717, 1.165) is 32.8 Å².